The number of carbonyl (C=O) groups is 2. The van der Waals surface area contributed by atoms with Gasteiger partial charge < -0.3 is 10.6 Å². The van der Waals surface area contributed by atoms with Crippen LogP contribution in [0.5, 0.6) is 0 Å². The zero-order valence-electron chi connectivity index (χ0n) is 9.76. The Hall–Kier alpha value is -0.0100. The fourth-order valence-electron chi connectivity index (χ4n) is 1.84. The fourth-order valence-corrected chi connectivity index (χ4v) is 7.21. The van der Waals surface area contributed by atoms with E-state index in [2.05, 4.69) is 24.5 Å². The molecule has 7 heteroatoms. The third kappa shape index (κ3) is 3.06. The first-order chi connectivity index (χ1) is 8.09. The lowest BCUT2D eigenvalue weighted by molar-refractivity contribution is -0.119. The zero-order chi connectivity index (χ0) is 12.4. The summed E-state index contributed by atoms with van der Waals surface area (Å²) in [5, 5.41) is 5.75. The molecule has 0 aromatic heterocycles. The summed E-state index contributed by atoms with van der Waals surface area (Å²) in [6, 6.07) is 0. The van der Waals surface area contributed by atoms with Crippen molar-refractivity contribution in [1.29, 1.82) is 0 Å². The number of nitrogens with one attached hydrogen (secondary N) is 2. The van der Waals surface area contributed by atoms with E-state index in [1.807, 2.05) is 0 Å². The van der Waals surface area contributed by atoms with Gasteiger partial charge in [-0.25, -0.2) is 0 Å². The Morgan fingerprint density at radius 3 is 1.65 bits per heavy atom. The largest absolute Gasteiger partial charge is 0.355 e. The molecular weight excluding hydrogens is 276 g/mol. The monoisotopic (exact) mass is 292 g/mol. The summed E-state index contributed by atoms with van der Waals surface area (Å²) in [5.41, 5.74) is 0. The standard InChI is InChI=1S/C10H16N2O2S3/c1-5-3-11-9(13)7(5)15-17-16-8-6(2)4-12-10(8)14/h5-8H,3-4H2,1-2H3,(H,11,13)(H,12,14). The Morgan fingerprint density at radius 1 is 0.941 bits per heavy atom. The molecule has 2 rings (SSSR count). The van der Waals surface area contributed by atoms with Crippen molar-refractivity contribution in [2.45, 2.75) is 24.3 Å². The average Bonchev–Trinajstić information content (AvgIpc) is 2.77. The highest BCUT2D eigenvalue weighted by molar-refractivity contribution is 9.09. The number of carbonyl (C=O) groups excluding carboxylic acids is 2. The molecule has 4 unspecified atom stereocenters. The van der Waals surface area contributed by atoms with Crippen molar-refractivity contribution < 1.29 is 9.59 Å². The molecule has 0 aliphatic carbocycles. The predicted octanol–water partition coefficient (Wildman–Crippen LogP) is 1.28. The van der Waals surface area contributed by atoms with Crippen molar-refractivity contribution in [3.63, 3.8) is 0 Å². The van der Waals surface area contributed by atoms with Gasteiger partial charge in [0.15, 0.2) is 0 Å². The van der Waals surface area contributed by atoms with Crippen LogP contribution >= 0.6 is 31.4 Å². The lowest BCUT2D eigenvalue weighted by Crippen LogP contribution is -2.21. The molecular formula is C10H16N2O2S3. The van der Waals surface area contributed by atoms with Crippen LogP contribution in [0, 0.1) is 11.8 Å². The van der Waals surface area contributed by atoms with Gasteiger partial charge in [0, 0.05) is 13.1 Å². The predicted molar refractivity (Wildman–Crippen MR) is 74.7 cm³/mol. The summed E-state index contributed by atoms with van der Waals surface area (Å²) in [6.45, 7) is 5.68. The topological polar surface area (TPSA) is 58.2 Å². The van der Waals surface area contributed by atoms with Crippen LogP contribution < -0.4 is 10.6 Å². The molecule has 4 nitrogen and oxygen atoms in total. The average molecular weight is 292 g/mol. The highest BCUT2D eigenvalue weighted by Crippen LogP contribution is 2.45. The van der Waals surface area contributed by atoms with Gasteiger partial charge in [-0.15, -0.1) is 0 Å². The molecule has 0 spiro atoms. The number of rotatable bonds is 4. The van der Waals surface area contributed by atoms with Gasteiger partial charge in [0.05, 0.1) is 10.5 Å². The van der Waals surface area contributed by atoms with Gasteiger partial charge in [0.25, 0.3) is 0 Å². The molecule has 2 N–H and O–H groups in total. The van der Waals surface area contributed by atoms with Crippen molar-refractivity contribution in [2.24, 2.45) is 11.8 Å². The van der Waals surface area contributed by atoms with E-state index in [4.69, 9.17) is 0 Å². The first kappa shape index (κ1) is 13.4. The van der Waals surface area contributed by atoms with Gasteiger partial charge in [0.2, 0.25) is 11.8 Å². The third-order valence-electron chi connectivity index (χ3n) is 3.03. The Balaban J connectivity index is 1.76. The summed E-state index contributed by atoms with van der Waals surface area (Å²) < 4.78 is 0. The Kier molecular flexibility index (Phi) is 4.54. The van der Waals surface area contributed by atoms with Crippen molar-refractivity contribution in [3.8, 4) is 0 Å². The Labute approximate surface area is 113 Å². The van der Waals surface area contributed by atoms with Crippen LogP contribution in [0.3, 0.4) is 0 Å². The van der Waals surface area contributed by atoms with E-state index < -0.39 is 0 Å². The quantitative estimate of drug-likeness (QED) is 0.765. The minimum absolute atomic E-state index is 0.0206. The SMILES string of the molecule is CC1CNC(=O)C1SSSC1C(=O)NCC1C. The zero-order valence-corrected chi connectivity index (χ0v) is 12.2. The molecule has 0 bridgehead atoms. The molecule has 2 saturated heterocycles. The van der Waals surface area contributed by atoms with Crippen LogP contribution in [0.2, 0.25) is 0 Å². The highest BCUT2D eigenvalue weighted by atomic mass is 33.5. The fraction of sp³-hybridized carbons (Fsp3) is 0.800. The van der Waals surface area contributed by atoms with Crippen LogP contribution in [0.15, 0.2) is 0 Å². The molecule has 17 heavy (non-hydrogen) atoms. The molecule has 96 valence electrons. The van der Waals surface area contributed by atoms with Gasteiger partial charge in [0.1, 0.15) is 0 Å². The van der Waals surface area contributed by atoms with E-state index in [-0.39, 0.29) is 22.3 Å². The second kappa shape index (κ2) is 5.75. The number of hydrogen-bond acceptors (Lipinski definition) is 5. The van der Waals surface area contributed by atoms with Crippen LogP contribution in [0.25, 0.3) is 0 Å². The van der Waals surface area contributed by atoms with Gasteiger partial charge in [-0.05, 0) is 21.7 Å². The maximum atomic E-state index is 11.5. The Morgan fingerprint density at radius 2 is 1.35 bits per heavy atom. The van der Waals surface area contributed by atoms with Gasteiger partial charge in [-0.2, -0.15) is 0 Å². The summed E-state index contributed by atoms with van der Waals surface area (Å²) in [4.78, 5) is 23.0. The van der Waals surface area contributed by atoms with Gasteiger partial charge in [-0.1, -0.05) is 35.4 Å². The van der Waals surface area contributed by atoms with E-state index in [1.54, 1.807) is 31.4 Å². The molecule has 0 aromatic rings. The van der Waals surface area contributed by atoms with Crippen LogP contribution in [-0.4, -0.2) is 35.4 Å². The second-order valence-electron chi connectivity index (χ2n) is 4.55. The number of amides is 2. The molecule has 2 aliphatic heterocycles. The summed E-state index contributed by atoms with van der Waals surface area (Å²) >= 11 is 0. The first-order valence-corrected chi connectivity index (χ1v) is 9.24. The van der Waals surface area contributed by atoms with Crippen LogP contribution in [0.4, 0.5) is 0 Å². The van der Waals surface area contributed by atoms with Gasteiger partial charge in [-0.3, -0.25) is 9.59 Å². The van der Waals surface area contributed by atoms with E-state index in [1.165, 1.54) is 0 Å². The summed E-state index contributed by atoms with van der Waals surface area (Å²) in [6.07, 6.45) is 0. The minimum Gasteiger partial charge on any atom is -0.355 e. The van der Waals surface area contributed by atoms with Crippen molar-refractivity contribution in [1.82, 2.24) is 10.6 Å². The van der Waals surface area contributed by atoms with Crippen molar-refractivity contribution in [2.75, 3.05) is 13.1 Å². The van der Waals surface area contributed by atoms with E-state index in [9.17, 15) is 9.59 Å². The van der Waals surface area contributed by atoms with Gasteiger partial charge >= 0.3 is 0 Å². The third-order valence-corrected chi connectivity index (χ3v) is 8.09. The summed E-state index contributed by atoms with van der Waals surface area (Å²) in [7, 11) is 4.73. The van der Waals surface area contributed by atoms with E-state index in [0.717, 1.165) is 13.1 Å². The van der Waals surface area contributed by atoms with E-state index in [0.29, 0.717) is 11.8 Å². The highest BCUT2D eigenvalue weighted by Gasteiger charge is 2.35. The van der Waals surface area contributed by atoms with Crippen molar-refractivity contribution in [3.05, 3.63) is 0 Å². The number of hydrogen-bond donors (Lipinski definition) is 2. The minimum atomic E-state index is 0.0206. The van der Waals surface area contributed by atoms with Crippen LogP contribution in [0.1, 0.15) is 13.8 Å². The second-order valence-corrected chi connectivity index (χ2v) is 8.87. The maximum absolute atomic E-state index is 11.5. The molecule has 0 radical (unpaired) electrons. The lowest BCUT2D eigenvalue weighted by Gasteiger charge is -2.13. The smallest absolute Gasteiger partial charge is 0.234 e. The van der Waals surface area contributed by atoms with E-state index >= 15 is 0 Å². The first-order valence-electron chi connectivity index (χ1n) is 5.64. The van der Waals surface area contributed by atoms with Crippen LogP contribution in [-0.2, 0) is 9.59 Å². The Bertz CT molecular complexity index is 297. The molecule has 2 fully saturated rings. The maximum Gasteiger partial charge on any atom is 0.234 e. The van der Waals surface area contributed by atoms with Crippen molar-refractivity contribution >= 4 is 43.2 Å². The molecule has 2 heterocycles. The molecule has 0 aromatic carbocycles. The molecule has 2 aliphatic rings. The lowest BCUT2D eigenvalue weighted by atomic mass is 10.1. The molecule has 4 atom stereocenters. The summed E-state index contributed by atoms with van der Waals surface area (Å²) in [5.74, 6) is 0.991. The molecule has 0 saturated carbocycles. The normalized spacial score (nSPS) is 37.1. The molecule has 2 amide bonds.